The Balaban J connectivity index is 0.00000338. The molecule has 4 heteroatoms. The summed E-state index contributed by atoms with van der Waals surface area (Å²) in [6, 6.07) is 5.76. The third kappa shape index (κ3) is 5.79. The maximum absolute atomic E-state index is 8.21. The van der Waals surface area contributed by atoms with E-state index in [1.54, 1.807) is 0 Å². The van der Waals surface area contributed by atoms with Crippen LogP contribution in [-0.2, 0) is 4.74 Å². The second-order valence-electron chi connectivity index (χ2n) is 4.64. The fourth-order valence-electron chi connectivity index (χ4n) is 1.73. The Morgan fingerprint density at radius 1 is 1.10 bits per heavy atom. The fourth-order valence-corrected chi connectivity index (χ4v) is 1.99. The van der Waals surface area contributed by atoms with E-state index in [1.807, 2.05) is 43.3 Å². The molecule has 2 aromatic carbocycles. The summed E-state index contributed by atoms with van der Waals surface area (Å²) in [4.78, 5) is 1.96. The van der Waals surface area contributed by atoms with E-state index in [-0.39, 0.29) is 42.1 Å². The molecule has 114 valence electrons. The summed E-state index contributed by atoms with van der Waals surface area (Å²) < 4.78 is 46.8. The van der Waals surface area contributed by atoms with Gasteiger partial charge in [0.2, 0.25) is 0 Å². The topological polar surface area (TPSA) is 12.5 Å². The van der Waals surface area contributed by atoms with Crippen LogP contribution in [0.1, 0.15) is 24.1 Å². The van der Waals surface area contributed by atoms with Crippen molar-refractivity contribution < 1.29 is 11.6 Å². The molecule has 0 heterocycles. The zero-order valence-electron chi connectivity index (χ0n) is 16.9. The Kier molecular flexibility index (Phi) is 5.12. The van der Waals surface area contributed by atoms with Crippen molar-refractivity contribution in [3.8, 4) is 0 Å². The molecule has 0 saturated heterocycles. The third-order valence-corrected chi connectivity index (χ3v) is 3.31. The van der Waals surface area contributed by atoms with Gasteiger partial charge in [0, 0.05) is 11.0 Å². The molecule has 1 atom stereocenters. The molecule has 0 aliphatic rings. The second kappa shape index (κ2) is 9.21. The highest BCUT2D eigenvalue weighted by Crippen LogP contribution is 2.27. The predicted octanol–water partition coefficient (Wildman–Crippen LogP) is 4.54. The summed E-state index contributed by atoms with van der Waals surface area (Å²) in [6.45, 7) is 1.03. The van der Waals surface area contributed by atoms with E-state index in [0.29, 0.717) is 13.2 Å². The third-order valence-electron chi connectivity index (χ3n) is 2.78. The van der Waals surface area contributed by atoms with E-state index in [1.165, 1.54) is 0 Å². The number of hydrogen-bond donors (Lipinski definition) is 0. The van der Waals surface area contributed by atoms with Gasteiger partial charge in [0.05, 0.1) is 13.5 Å². The molecule has 0 aliphatic heterocycles. The largest absolute Gasteiger partial charge is 0.367 e. The van der Waals surface area contributed by atoms with Crippen molar-refractivity contribution in [2.75, 3.05) is 27.2 Å². The van der Waals surface area contributed by atoms with Crippen molar-refractivity contribution in [1.82, 2.24) is 4.90 Å². The van der Waals surface area contributed by atoms with E-state index < -0.39 is 12.1 Å². The number of rotatable bonds is 6. The van der Waals surface area contributed by atoms with Gasteiger partial charge in [0.15, 0.2) is 0 Å². The van der Waals surface area contributed by atoms with Crippen molar-refractivity contribution in [3.63, 3.8) is 0 Å². The molecule has 0 amide bonds. The Hall–Kier alpha value is -0.870. The lowest BCUT2D eigenvalue weighted by Gasteiger charge is -2.20. The summed E-state index contributed by atoms with van der Waals surface area (Å²) in [7, 11) is 3.84. The molecule has 0 N–H and O–H groups in total. The lowest BCUT2D eigenvalue weighted by Crippen LogP contribution is -2.20. The maximum Gasteiger partial charge on any atom is 0.108 e. The molecule has 0 bridgehead atoms. The molecule has 21 heavy (non-hydrogen) atoms. The van der Waals surface area contributed by atoms with Gasteiger partial charge in [-0.1, -0.05) is 58.3 Å². The van der Waals surface area contributed by atoms with Crippen LogP contribution >= 0.6 is 28.3 Å². The average molecular weight is 376 g/mol. The highest BCUT2D eigenvalue weighted by atomic mass is 79.9. The minimum Gasteiger partial charge on any atom is -0.367 e. The first kappa shape index (κ1) is 11.7. The van der Waals surface area contributed by atoms with Gasteiger partial charge >= 0.3 is 0 Å². The quantitative estimate of drug-likeness (QED) is 0.735. The Labute approximate surface area is 148 Å². The number of ether oxygens (including phenoxy) is 1. The number of halogens is 2. The van der Waals surface area contributed by atoms with Crippen LogP contribution in [0.5, 0.6) is 0 Å². The van der Waals surface area contributed by atoms with Crippen molar-refractivity contribution in [3.05, 3.63) is 70.1 Å². The lowest BCUT2D eigenvalue weighted by atomic mass is 10.0. The zero-order chi connectivity index (χ0) is 18.7. The molecule has 2 aromatic rings. The highest BCUT2D eigenvalue weighted by Gasteiger charge is 2.14. The number of likely N-dealkylation sites (N-methyl/N-ethyl adjacent to an activating group) is 1. The summed E-state index contributed by atoms with van der Waals surface area (Å²) in [5.74, 6) is 0. The molecule has 0 spiro atoms. The summed E-state index contributed by atoms with van der Waals surface area (Å²) in [5.41, 5.74) is 0.896. The van der Waals surface area contributed by atoms with Crippen LogP contribution in [0.3, 0.4) is 0 Å². The van der Waals surface area contributed by atoms with E-state index in [0.717, 1.165) is 10.0 Å². The predicted molar refractivity (Wildman–Crippen MR) is 94.2 cm³/mol. The van der Waals surface area contributed by atoms with Crippen LogP contribution in [0.2, 0.25) is 0 Å². The molecule has 1 unspecified atom stereocenters. The molecule has 0 aromatic heterocycles. The molecule has 0 saturated carbocycles. The van der Waals surface area contributed by atoms with Gasteiger partial charge in [0.1, 0.15) is 6.10 Å². The van der Waals surface area contributed by atoms with Crippen molar-refractivity contribution in [2.24, 2.45) is 0 Å². The first-order valence-electron chi connectivity index (χ1n) is 8.82. The molecule has 2 nitrogen and oxygen atoms in total. The van der Waals surface area contributed by atoms with Gasteiger partial charge in [-0.2, -0.15) is 0 Å². The number of hydrogen-bond acceptors (Lipinski definition) is 2. The van der Waals surface area contributed by atoms with Crippen molar-refractivity contribution >= 4 is 28.3 Å². The summed E-state index contributed by atoms with van der Waals surface area (Å²) >= 11 is 3.38. The minimum atomic E-state index is -0.734. The van der Waals surface area contributed by atoms with Gasteiger partial charge < -0.3 is 9.64 Å². The smallest absolute Gasteiger partial charge is 0.108 e. The van der Waals surface area contributed by atoms with Crippen LogP contribution in [0.25, 0.3) is 0 Å². The van der Waals surface area contributed by atoms with Crippen LogP contribution in [-0.4, -0.2) is 32.1 Å². The fraction of sp³-hybridized carbons (Fsp3) is 0.294. The number of benzene rings is 2. The van der Waals surface area contributed by atoms with Crippen LogP contribution < -0.4 is 0 Å². The maximum atomic E-state index is 8.21. The van der Waals surface area contributed by atoms with Gasteiger partial charge in [-0.25, -0.2) is 0 Å². The van der Waals surface area contributed by atoms with E-state index >= 15 is 0 Å². The molecule has 0 aliphatic carbocycles. The Morgan fingerprint density at radius 3 is 2.29 bits per heavy atom. The number of nitrogens with zero attached hydrogens (tertiary/aromatic N) is 1. The zero-order valence-corrected chi connectivity index (χ0v) is 14.3. The first-order chi connectivity index (χ1) is 11.7. The molecule has 2 rings (SSSR count). The highest BCUT2D eigenvalue weighted by molar-refractivity contribution is 9.10. The van der Waals surface area contributed by atoms with Crippen LogP contribution in [0.15, 0.2) is 59.0 Å². The van der Waals surface area contributed by atoms with E-state index in [9.17, 15) is 0 Å². The van der Waals surface area contributed by atoms with Crippen LogP contribution in [0.4, 0.5) is 0 Å². The van der Waals surface area contributed by atoms with Gasteiger partial charge in [-0.3, -0.25) is 0 Å². The second-order valence-corrected chi connectivity index (χ2v) is 5.56. The van der Waals surface area contributed by atoms with E-state index in [4.69, 9.17) is 11.6 Å². The van der Waals surface area contributed by atoms with Gasteiger partial charge in [-0.05, 0) is 37.4 Å². The Morgan fingerprint density at radius 2 is 1.71 bits per heavy atom. The molecular formula is C17H21BrClNO. The van der Waals surface area contributed by atoms with Gasteiger partial charge in [0.25, 0.3) is 0 Å². The molecular weight excluding hydrogens is 350 g/mol. The normalized spacial score (nSPS) is 15.3. The SMILES string of the molecule is Cl.[2H]c1c([2H])c([2H])c(C(OCCN(C)C)c2ccc(Br)cc2)c([2H])c1[2H]. The average Bonchev–Trinajstić information content (AvgIpc) is 2.57. The van der Waals surface area contributed by atoms with Gasteiger partial charge in [-0.15, -0.1) is 12.4 Å². The molecule has 0 radical (unpaired) electrons. The monoisotopic (exact) mass is 374 g/mol. The van der Waals surface area contributed by atoms with E-state index in [2.05, 4.69) is 15.9 Å². The lowest BCUT2D eigenvalue weighted by molar-refractivity contribution is 0.0687. The van der Waals surface area contributed by atoms with Crippen molar-refractivity contribution in [1.29, 1.82) is 0 Å². The van der Waals surface area contributed by atoms with Crippen LogP contribution in [0, 0.1) is 0 Å². The standard InChI is InChI=1S/C17H20BrNO.ClH/c1-19(2)12-13-20-17(14-6-4-3-5-7-14)15-8-10-16(18)11-9-15;/h3-11,17H,12-13H2,1-2H3;1H/i3D,4D,5D,6D,7D;. The summed E-state index contributed by atoms with van der Waals surface area (Å²) in [5, 5.41) is 0. The van der Waals surface area contributed by atoms with Crippen molar-refractivity contribution in [2.45, 2.75) is 6.10 Å². The molecule has 0 fully saturated rings. The first-order valence-corrected chi connectivity index (χ1v) is 7.12. The minimum absolute atomic E-state index is 0. The summed E-state index contributed by atoms with van der Waals surface area (Å²) in [6.07, 6.45) is -0.734. The Bertz CT molecular complexity index is 729.